The van der Waals surface area contributed by atoms with Crippen LogP contribution in [0, 0.1) is 0 Å². The maximum absolute atomic E-state index is 12.4. The van der Waals surface area contributed by atoms with Gasteiger partial charge >= 0.3 is 0 Å². The molecular formula is C18H19N3O3. The van der Waals surface area contributed by atoms with Gasteiger partial charge in [0.1, 0.15) is 6.54 Å². The van der Waals surface area contributed by atoms with E-state index in [0.29, 0.717) is 18.1 Å². The second-order valence-corrected chi connectivity index (χ2v) is 5.93. The van der Waals surface area contributed by atoms with Gasteiger partial charge in [0, 0.05) is 13.2 Å². The first-order valence-corrected chi connectivity index (χ1v) is 8.19. The largest absolute Gasteiger partial charge is 0.461 e. The fourth-order valence-corrected chi connectivity index (χ4v) is 3.06. The number of benzene rings is 1. The number of aromatic nitrogens is 2. The Balaban J connectivity index is 1.57. The number of hydrogen-bond donors (Lipinski definition) is 1. The minimum Gasteiger partial charge on any atom is -0.461 e. The van der Waals surface area contributed by atoms with Crippen molar-refractivity contribution in [2.75, 3.05) is 13.2 Å². The van der Waals surface area contributed by atoms with E-state index in [-0.39, 0.29) is 18.6 Å². The third kappa shape index (κ3) is 2.92. The number of nitrogens with zero attached hydrogens (tertiary/aromatic N) is 2. The van der Waals surface area contributed by atoms with Crippen molar-refractivity contribution in [1.29, 1.82) is 0 Å². The molecule has 0 aliphatic carbocycles. The number of ether oxygens (including phenoxy) is 1. The molecule has 124 valence electrons. The van der Waals surface area contributed by atoms with E-state index >= 15 is 0 Å². The van der Waals surface area contributed by atoms with Gasteiger partial charge in [0.15, 0.2) is 11.6 Å². The van der Waals surface area contributed by atoms with E-state index in [2.05, 4.69) is 10.3 Å². The minimum absolute atomic E-state index is 0.0542. The second-order valence-electron chi connectivity index (χ2n) is 5.93. The molecule has 1 atom stereocenters. The summed E-state index contributed by atoms with van der Waals surface area (Å²) in [6, 6.07) is 11.4. The number of fused-ring (bicyclic) bond motifs is 1. The first-order valence-electron chi connectivity index (χ1n) is 8.19. The number of carbonyl (C=O) groups is 1. The van der Waals surface area contributed by atoms with Crippen LogP contribution in [-0.2, 0) is 16.1 Å². The molecular weight excluding hydrogens is 306 g/mol. The maximum atomic E-state index is 12.4. The van der Waals surface area contributed by atoms with Crippen molar-refractivity contribution in [3.8, 4) is 11.6 Å². The highest BCUT2D eigenvalue weighted by Crippen LogP contribution is 2.25. The second kappa shape index (κ2) is 6.49. The first kappa shape index (κ1) is 15.0. The normalized spacial score (nSPS) is 17.4. The van der Waals surface area contributed by atoms with Crippen molar-refractivity contribution in [1.82, 2.24) is 14.9 Å². The molecule has 6 nitrogen and oxygen atoms in total. The van der Waals surface area contributed by atoms with Gasteiger partial charge in [-0.05, 0) is 37.1 Å². The van der Waals surface area contributed by atoms with Crippen LogP contribution in [-0.4, -0.2) is 34.7 Å². The van der Waals surface area contributed by atoms with E-state index in [1.165, 1.54) is 0 Å². The third-order valence-corrected chi connectivity index (χ3v) is 4.25. The Bertz CT molecular complexity index is 832. The smallest absolute Gasteiger partial charge is 0.240 e. The van der Waals surface area contributed by atoms with Crippen molar-refractivity contribution in [3.63, 3.8) is 0 Å². The lowest BCUT2D eigenvalue weighted by atomic mass is 10.2. The van der Waals surface area contributed by atoms with E-state index in [1.807, 2.05) is 41.0 Å². The van der Waals surface area contributed by atoms with E-state index in [4.69, 9.17) is 9.15 Å². The predicted molar refractivity (Wildman–Crippen MR) is 89.4 cm³/mol. The van der Waals surface area contributed by atoms with Crippen molar-refractivity contribution in [2.24, 2.45) is 0 Å². The Morgan fingerprint density at radius 1 is 1.29 bits per heavy atom. The van der Waals surface area contributed by atoms with Crippen LogP contribution >= 0.6 is 0 Å². The number of furan rings is 1. The molecule has 4 rings (SSSR count). The average molecular weight is 325 g/mol. The zero-order chi connectivity index (χ0) is 16.4. The molecule has 1 fully saturated rings. The van der Waals surface area contributed by atoms with Crippen LogP contribution in [0.5, 0.6) is 0 Å². The number of rotatable bonds is 5. The Morgan fingerprint density at radius 2 is 2.21 bits per heavy atom. The van der Waals surface area contributed by atoms with Crippen LogP contribution in [0.3, 0.4) is 0 Å². The van der Waals surface area contributed by atoms with Gasteiger partial charge in [0.25, 0.3) is 0 Å². The fourth-order valence-electron chi connectivity index (χ4n) is 3.06. The molecule has 0 radical (unpaired) electrons. The van der Waals surface area contributed by atoms with Gasteiger partial charge in [-0.2, -0.15) is 0 Å². The summed E-state index contributed by atoms with van der Waals surface area (Å²) in [6.45, 7) is 1.54. The lowest BCUT2D eigenvalue weighted by Crippen LogP contribution is -2.34. The Kier molecular flexibility index (Phi) is 4.04. The predicted octanol–water partition coefficient (Wildman–Crippen LogP) is 2.59. The molecule has 1 amide bonds. The molecule has 0 spiro atoms. The van der Waals surface area contributed by atoms with Crippen LogP contribution in [0.1, 0.15) is 12.8 Å². The molecule has 1 aliphatic rings. The zero-order valence-corrected chi connectivity index (χ0v) is 13.3. The third-order valence-electron chi connectivity index (χ3n) is 4.25. The molecule has 1 aliphatic heterocycles. The van der Waals surface area contributed by atoms with Crippen LogP contribution in [0.4, 0.5) is 0 Å². The summed E-state index contributed by atoms with van der Waals surface area (Å²) in [5.74, 6) is 1.26. The SMILES string of the molecule is O=C(Cn1c(-c2ccco2)nc2ccccc21)NCC1CCCO1. The summed E-state index contributed by atoms with van der Waals surface area (Å²) < 4.78 is 12.9. The van der Waals surface area contributed by atoms with Gasteiger partial charge in [-0.25, -0.2) is 4.98 Å². The van der Waals surface area contributed by atoms with Crippen molar-refractivity contribution in [2.45, 2.75) is 25.5 Å². The van der Waals surface area contributed by atoms with Gasteiger partial charge in [-0.3, -0.25) is 4.79 Å². The van der Waals surface area contributed by atoms with Gasteiger partial charge in [-0.15, -0.1) is 0 Å². The summed E-state index contributed by atoms with van der Waals surface area (Å²) in [5, 5.41) is 2.96. The summed E-state index contributed by atoms with van der Waals surface area (Å²) in [5.41, 5.74) is 1.76. The number of imidazole rings is 1. The maximum Gasteiger partial charge on any atom is 0.240 e. The summed E-state index contributed by atoms with van der Waals surface area (Å²) in [6.07, 6.45) is 3.82. The van der Waals surface area contributed by atoms with Crippen molar-refractivity contribution >= 4 is 16.9 Å². The lowest BCUT2D eigenvalue weighted by Gasteiger charge is -2.12. The standard InChI is InChI=1S/C18H19N3O3/c22-17(19-11-13-5-3-9-23-13)12-21-15-7-2-1-6-14(15)20-18(21)16-8-4-10-24-16/h1-2,4,6-8,10,13H,3,5,9,11-12H2,(H,19,22). The quantitative estimate of drug-likeness (QED) is 0.783. The van der Waals surface area contributed by atoms with Crippen LogP contribution in [0.2, 0.25) is 0 Å². The van der Waals surface area contributed by atoms with Crippen LogP contribution in [0.15, 0.2) is 47.1 Å². The number of amides is 1. The first-order chi connectivity index (χ1) is 11.8. The summed E-state index contributed by atoms with van der Waals surface area (Å²) in [7, 11) is 0. The number of nitrogens with one attached hydrogen (secondary N) is 1. The van der Waals surface area contributed by atoms with E-state index in [9.17, 15) is 4.79 Å². The van der Waals surface area contributed by atoms with Crippen LogP contribution in [0.25, 0.3) is 22.6 Å². The molecule has 3 aromatic rings. The molecule has 24 heavy (non-hydrogen) atoms. The fraction of sp³-hybridized carbons (Fsp3) is 0.333. The summed E-state index contributed by atoms with van der Waals surface area (Å²) >= 11 is 0. The average Bonchev–Trinajstić information content (AvgIpc) is 3.34. The van der Waals surface area contributed by atoms with Gasteiger partial charge in [-0.1, -0.05) is 12.1 Å². The van der Waals surface area contributed by atoms with E-state index < -0.39 is 0 Å². The molecule has 3 heterocycles. The highest BCUT2D eigenvalue weighted by Gasteiger charge is 2.19. The number of para-hydroxylation sites is 2. The van der Waals surface area contributed by atoms with Gasteiger partial charge in [0.2, 0.25) is 5.91 Å². The topological polar surface area (TPSA) is 69.3 Å². The molecule has 1 N–H and O–H groups in total. The Hall–Kier alpha value is -2.60. The van der Waals surface area contributed by atoms with Crippen LogP contribution < -0.4 is 5.32 Å². The van der Waals surface area contributed by atoms with Crippen molar-refractivity contribution < 1.29 is 13.9 Å². The Morgan fingerprint density at radius 3 is 3.00 bits per heavy atom. The highest BCUT2D eigenvalue weighted by molar-refractivity contribution is 5.83. The van der Waals surface area contributed by atoms with E-state index in [0.717, 1.165) is 30.5 Å². The van der Waals surface area contributed by atoms with Gasteiger partial charge in [0.05, 0.1) is 23.4 Å². The molecule has 1 saturated heterocycles. The molecule has 2 aromatic heterocycles. The lowest BCUT2D eigenvalue weighted by molar-refractivity contribution is -0.122. The monoisotopic (exact) mass is 325 g/mol. The molecule has 1 unspecified atom stereocenters. The molecule has 0 saturated carbocycles. The number of carbonyl (C=O) groups excluding carboxylic acids is 1. The van der Waals surface area contributed by atoms with Gasteiger partial charge < -0.3 is 19.0 Å². The number of hydrogen-bond acceptors (Lipinski definition) is 4. The van der Waals surface area contributed by atoms with Crippen molar-refractivity contribution in [3.05, 3.63) is 42.7 Å². The Labute approximate surface area is 139 Å². The van der Waals surface area contributed by atoms with E-state index in [1.54, 1.807) is 6.26 Å². The summed E-state index contributed by atoms with van der Waals surface area (Å²) in [4.78, 5) is 17.0. The minimum atomic E-state index is -0.0542. The highest BCUT2D eigenvalue weighted by atomic mass is 16.5. The molecule has 0 bridgehead atoms. The molecule has 1 aromatic carbocycles. The zero-order valence-electron chi connectivity index (χ0n) is 13.3. The molecule has 6 heteroatoms.